The molecule has 0 bridgehead atoms. The lowest BCUT2D eigenvalue weighted by Gasteiger charge is -2.16. The molecule has 0 amide bonds. The van der Waals surface area contributed by atoms with Crippen LogP contribution in [-0.2, 0) is 10.0 Å². The number of nitrogens with one attached hydrogen (secondary N) is 1. The molecule has 6 heteroatoms. The molecule has 0 saturated heterocycles. The quantitative estimate of drug-likeness (QED) is 0.655. The summed E-state index contributed by atoms with van der Waals surface area (Å²) in [6.45, 7) is 1.81. The first-order valence-corrected chi connectivity index (χ1v) is 6.97. The standard InChI is InChI=1S/C11H18N2O3S/c1-2-9(7-8-14)13-17(15,16)11-6-4-3-5-10(11)12/h3-6,9,13-14H,2,7-8,12H2,1H3. The van der Waals surface area contributed by atoms with Crippen LogP contribution in [-0.4, -0.2) is 26.2 Å². The monoisotopic (exact) mass is 258 g/mol. The molecule has 0 aliphatic rings. The van der Waals surface area contributed by atoms with E-state index in [1.54, 1.807) is 18.2 Å². The third-order valence-corrected chi connectivity index (χ3v) is 4.10. The van der Waals surface area contributed by atoms with Crippen LogP contribution in [0.2, 0.25) is 0 Å². The number of rotatable bonds is 6. The van der Waals surface area contributed by atoms with E-state index in [0.717, 1.165) is 0 Å². The highest BCUT2D eigenvalue weighted by molar-refractivity contribution is 7.89. The molecule has 1 atom stereocenters. The maximum absolute atomic E-state index is 12.0. The van der Waals surface area contributed by atoms with Crippen LogP contribution in [0.15, 0.2) is 29.2 Å². The molecule has 1 aromatic rings. The summed E-state index contributed by atoms with van der Waals surface area (Å²) < 4.78 is 26.6. The molecule has 0 fully saturated rings. The summed E-state index contributed by atoms with van der Waals surface area (Å²) >= 11 is 0. The van der Waals surface area contributed by atoms with Gasteiger partial charge in [0.15, 0.2) is 0 Å². The molecule has 0 aromatic heterocycles. The Morgan fingerprint density at radius 2 is 2.06 bits per heavy atom. The minimum atomic E-state index is -3.61. The van der Waals surface area contributed by atoms with Gasteiger partial charge in [0, 0.05) is 12.6 Å². The molecule has 96 valence electrons. The smallest absolute Gasteiger partial charge is 0.242 e. The average Bonchev–Trinajstić information content (AvgIpc) is 2.28. The Morgan fingerprint density at radius 1 is 1.41 bits per heavy atom. The van der Waals surface area contributed by atoms with Gasteiger partial charge >= 0.3 is 0 Å². The number of aliphatic hydroxyl groups excluding tert-OH is 1. The Kier molecular flexibility index (Phi) is 4.92. The minimum absolute atomic E-state index is 0.0503. The lowest BCUT2D eigenvalue weighted by Crippen LogP contribution is -2.35. The Hall–Kier alpha value is -1.11. The van der Waals surface area contributed by atoms with Crippen molar-refractivity contribution in [3.63, 3.8) is 0 Å². The van der Waals surface area contributed by atoms with Crippen LogP contribution in [0.4, 0.5) is 5.69 Å². The second-order valence-corrected chi connectivity index (χ2v) is 5.46. The van der Waals surface area contributed by atoms with Crippen molar-refractivity contribution in [2.24, 2.45) is 0 Å². The van der Waals surface area contributed by atoms with Gasteiger partial charge < -0.3 is 10.8 Å². The van der Waals surface area contributed by atoms with E-state index in [1.165, 1.54) is 6.07 Å². The highest BCUT2D eigenvalue weighted by Gasteiger charge is 2.20. The van der Waals surface area contributed by atoms with Crippen molar-refractivity contribution >= 4 is 15.7 Å². The fourth-order valence-electron chi connectivity index (χ4n) is 1.51. The van der Waals surface area contributed by atoms with Gasteiger partial charge in [0.2, 0.25) is 10.0 Å². The van der Waals surface area contributed by atoms with E-state index >= 15 is 0 Å². The Bertz CT molecular complexity index is 460. The van der Waals surface area contributed by atoms with Crippen LogP contribution in [0, 0.1) is 0 Å². The molecular weight excluding hydrogens is 240 g/mol. The van der Waals surface area contributed by atoms with E-state index in [9.17, 15) is 8.42 Å². The first kappa shape index (κ1) is 14.0. The summed E-state index contributed by atoms with van der Waals surface area (Å²) in [6.07, 6.45) is 1.01. The molecule has 1 aromatic carbocycles. The van der Waals surface area contributed by atoms with Crippen LogP contribution in [0.5, 0.6) is 0 Å². The SMILES string of the molecule is CCC(CCO)NS(=O)(=O)c1ccccc1N. The molecule has 0 saturated carbocycles. The number of benzene rings is 1. The zero-order valence-electron chi connectivity index (χ0n) is 9.76. The largest absolute Gasteiger partial charge is 0.398 e. The van der Waals surface area contributed by atoms with Gasteiger partial charge in [-0.1, -0.05) is 19.1 Å². The molecule has 1 rings (SSSR count). The third-order valence-electron chi connectivity index (χ3n) is 2.50. The highest BCUT2D eigenvalue weighted by atomic mass is 32.2. The lowest BCUT2D eigenvalue weighted by atomic mass is 10.2. The number of aliphatic hydroxyl groups is 1. The molecule has 0 heterocycles. The molecule has 4 N–H and O–H groups in total. The van der Waals surface area contributed by atoms with Crippen molar-refractivity contribution in [1.29, 1.82) is 0 Å². The third kappa shape index (κ3) is 3.69. The van der Waals surface area contributed by atoms with E-state index in [2.05, 4.69) is 4.72 Å². The van der Waals surface area contributed by atoms with Gasteiger partial charge in [0.25, 0.3) is 0 Å². The maximum Gasteiger partial charge on any atom is 0.242 e. The van der Waals surface area contributed by atoms with Crippen LogP contribution < -0.4 is 10.5 Å². The summed E-state index contributed by atoms with van der Waals surface area (Å²) in [5.41, 5.74) is 5.85. The van der Waals surface area contributed by atoms with Crippen molar-refractivity contribution in [1.82, 2.24) is 4.72 Å². The fourth-order valence-corrected chi connectivity index (χ4v) is 3.00. The second kappa shape index (κ2) is 6.00. The van der Waals surface area contributed by atoms with Crippen LogP contribution >= 0.6 is 0 Å². The molecule has 1 unspecified atom stereocenters. The Morgan fingerprint density at radius 3 is 2.59 bits per heavy atom. The first-order valence-electron chi connectivity index (χ1n) is 5.49. The van der Waals surface area contributed by atoms with Crippen molar-refractivity contribution in [3.8, 4) is 0 Å². The van der Waals surface area contributed by atoms with Gasteiger partial charge in [-0.05, 0) is 25.0 Å². The van der Waals surface area contributed by atoms with Crippen LogP contribution in [0.3, 0.4) is 0 Å². The number of hydrogen-bond donors (Lipinski definition) is 3. The number of hydrogen-bond acceptors (Lipinski definition) is 4. The second-order valence-electron chi connectivity index (χ2n) is 3.78. The number of nitrogens with two attached hydrogens (primary N) is 1. The fraction of sp³-hybridized carbons (Fsp3) is 0.455. The molecule has 5 nitrogen and oxygen atoms in total. The summed E-state index contributed by atoms with van der Waals surface area (Å²) in [7, 11) is -3.61. The highest BCUT2D eigenvalue weighted by Crippen LogP contribution is 2.17. The predicted octanol–water partition coefficient (Wildman–Crippen LogP) is 0.708. The van der Waals surface area contributed by atoms with Gasteiger partial charge in [-0.2, -0.15) is 0 Å². The molecule has 0 aliphatic heterocycles. The van der Waals surface area contributed by atoms with Gasteiger partial charge in [0.05, 0.1) is 5.69 Å². The van der Waals surface area contributed by atoms with Gasteiger partial charge in [0.1, 0.15) is 4.90 Å². The minimum Gasteiger partial charge on any atom is -0.398 e. The summed E-state index contributed by atoms with van der Waals surface area (Å²) in [5, 5.41) is 8.83. The normalized spacial score (nSPS) is 13.5. The number of nitrogen functional groups attached to an aromatic ring is 1. The molecule has 0 spiro atoms. The average molecular weight is 258 g/mol. The number of anilines is 1. The Labute approximate surface area is 102 Å². The topological polar surface area (TPSA) is 92.4 Å². The van der Waals surface area contributed by atoms with Crippen molar-refractivity contribution in [3.05, 3.63) is 24.3 Å². The van der Waals surface area contributed by atoms with Crippen molar-refractivity contribution < 1.29 is 13.5 Å². The van der Waals surface area contributed by atoms with Gasteiger partial charge in [-0.15, -0.1) is 0 Å². The van der Waals surface area contributed by atoms with Gasteiger partial charge in [-0.3, -0.25) is 0 Å². The van der Waals surface area contributed by atoms with E-state index in [0.29, 0.717) is 12.8 Å². The van der Waals surface area contributed by atoms with E-state index in [1.807, 2.05) is 6.92 Å². The lowest BCUT2D eigenvalue weighted by molar-refractivity contribution is 0.270. The van der Waals surface area contributed by atoms with Gasteiger partial charge in [-0.25, -0.2) is 13.1 Å². The first-order chi connectivity index (χ1) is 8.01. The van der Waals surface area contributed by atoms with Crippen LogP contribution in [0.1, 0.15) is 19.8 Å². The summed E-state index contributed by atoms with van der Waals surface area (Å²) in [6, 6.07) is 6.03. The van der Waals surface area contributed by atoms with Crippen molar-refractivity contribution in [2.75, 3.05) is 12.3 Å². The summed E-state index contributed by atoms with van der Waals surface area (Å²) in [4.78, 5) is 0.0800. The maximum atomic E-state index is 12.0. The predicted molar refractivity (Wildman–Crippen MR) is 67.0 cm³/mol. The van der Waals surface area contributed by atoms with E-state index < -0.39 is 10.0 Å². The summed E-state index contributed by atoms with van der Waals surface area (Å²) in [5.74, 6) is 0. The molecule has 17 heavy (non-hydrogen) atoms. The van der Waals surface area contributed by atoms with Crippen molar-refractivity contribution in [2.45, 2.75) is 30.7 Å². The Balaban J connectivity index is 2.92. The number of sulfonamides is 1. The number of para-hydroxylation sites is 1. The van der Waals surface area contributed by atoms with Crippen LogP contribution in [0.25, 0.3) is 0 Å². The van der Waals surface area contributed by atoms with E-state index in [4.69, 9.17) is 10.8 Å². The molecule has 0 aliphatic carbocycles. The zero-order chi connectivity index (χ0) is 12.9. The zero-order valence-corrected chi connectivity index (χ0v) is 10.6. The molecule has 0 radical (unpaired) electrons. The molecular formula is C11H18N2O3S. The van der Waals surface area contributed by atoms with E-state index in [-0.39, 0.29) is 23.2 Å².